The summed E-state index contributed by atoms with van der Waals surface area (Å²) < 4.78 is 21.8. The minimum atomic E-state index is -3.77. The molecule has 0 unspecified atom stereocenters. The van der Waals surface area contributed by atoms with Crippen molar-refractivity contribution in [3.63, 3.8) is 0 Å². The third-order valence-corrected chi connectivity index (χ3v) is 4.56. The maximum atomic E-state index is 12.3. The van der Waals surface area contributed by atoms with Crippen LogP contribution in [-0.2, 0) is 18.4 Å². The summed E-state index contributed by atoms with van der Waals surface area (Å²) in [6.07, 6.45) is 1.16. The molecule has 20 heavy (non-hydrogen) atoms. The first kappa shape index (κ1) is 16.2. The predicted octanol–water partition coefficient (Wildman–Crippen LogP) is 3.01. The summed E-state index contributed by atoms with van der Waals surface area (Å²) in [5, 5.41) is 10.7. The van der Waals surface area contributed by atoms with Crippen LogP contribution in [0.4, 0.5) is 5.69 Å². The second kappa shape index (κ2) is 6.56. The monoisotopic (exact) mass is 299 g/mol. The Kier molecular flexibility index (Phi) is 5.33. The van der Waals surface area contributed by atoms with Crippen molar-refractivity contribution in [2.24, 2.45) is 0 Å². The molecule has 7 nitrogen and oxygen atoms in total. The van der Waals surface area contributed by atoms with E-state index in [1.165, 1.54) is 25.1 Å². The zero-order valence-electron chi connectivity index (χ0n) is 11.2. The molecule has 0 heterocycles. The first-order chi connectivity index (χ1) is 9.35. The second-order valence-corrected chi connectivity index (χ2v) is 5.97. The quantitative estimate of drug-likeness (QED) is 0.347. The molecule has 0 aliphatic carbocycles. The van der Waals surface area contributed by atoms with Gasteiger partial charge < -0.3 is 9.05 Å². The van der Waals surface area contributed by atoms with E-state index >= 15 is 0 Å². The predicted molar refractivity (Wildman–Crippen MR) is 73.4 cm³/mol. The summed E-state index contributed by atoms with van der Waals surface area (Å²) in [4.78, 5) is 22.0. The Hall–Kier alpha value is -1.82. The molecule has 0 fully saturated rings. The number of ketones is 1. The van der Waals surface area contributed by atoms with Gasteiger partial charge in [-0.05, 0) is 19.1 Å². The summed E-state index contributed by atoms with van der Waals surface area (Å²) in [6, 6.07) is 5.79. The average Bonchev–Trinajstić information content (AvgIpc) is 2.43. The first-order valence-corrected chi connectivity index (χ1v) is 7.08. The lowest BCUT2D eigenvalue weighted by Crippen LogP contribution is -2.02. The lowest BCUT2D eigenvalue weighted by molar-refractivity contribution is -0.385. The number of nitro groups is 1. The number of allylic oxidation sites excluding steroid dienone is 1. The highest BCUT2D eigenvalue weighted by molar-refractivity contribution is 7.60. The molecule has 108 valence electrons. The Morgan fingerprint density at radius 3 is 2.30 bits per heavy atom. The van der Waals surface area contributed by atoms with Crippen molar-refractivity contribution >= 4 is 25.1 Å². The van der Waals surface area contributed by atoms with Gasteiger partial charge in [0.05, 0.1) is 10.5 Å². The standard InChI is InChI=1S/C12H14NO6P/c1-9(14)12(20(17,18-2)19-3)8-10-6-4-5-7-11(10)13(15)16/h4-8H,1-3H3/b12-8-. The number of carbonyl (C=O) groups excluding carboxylic acids is 1. The van der Waals surface area contributed by atoms with E-state index in [0.29, 0.717) is 0 Å². The molecule has 1 aromatic rings. The average molecular weight is 299 g/mol. The number of hydrogen-bond donors (Lipinski definition) is 0. The van der Waals surface area contributed by atoms with Gasteiger partial charge in [0.15, 0.2) is 5.78 Å². The van der Waals surface area contributed by atoms with Crippen LogP contribution >= 0.6 is 7.60 Å². The van der Waals surface area contributed by atoms with Crippen molar-refractivity contribution in [1.29, 1.82) is 0 Å². The summed E-state index contributed by atoms with van der Waals surface area (Å²) in [5.41, 5.74) is -0.0537. The van der Waals surface area contributed by atoms with Crippen LogP contribution in [-0.4, -0.2) is 24.9 Å². The maximum absolute atomic E-state index is 12.3. The zero-order valence-corrected chi connectivity index (χ0v) is 12.1. The van der Waals surface area contributed by atoms with Crippen LogP contribution in [0.5, 0.6) is 0 Å². The molecule has 0 aliphatic heterocycles. The van der Waals surface area contributed by atoms with Crippen LogP contribution in [0.3, 0.4) is 0 Å². The smallest absolute Gasteiger partial charge is 0.308 e. The summed E-state index contributed by atoms with van der Waals surface area (Å²) in [5.74, 6) is -0.546. The van der Waals surface area contributed by atoms with Crippen LogP contribution in [0, 0.1) is 10.1 Å². The fraction of sp³-hybridized carbons (Fsp3) is 0.250. The Morgan fingerprint density at radius 1 is 1.30 bits per heavy atom. The van der Waals surface area contributed by atoms with Gasteiger partial charge in [-0.3, -0.25) is 19.5 Å². The van der Waals surface area contributed by atoms with Gasteiger partial charge in [-0.1, -0.05) is 12.1 Å². The summed E-state index contributed by atoms with van der Waals surface area (Å²) in [6.45, 7) is 1.19. The van der Waals surface area contributed by atoms with E-state index in [2.05, 4.69) is 0 Å². The van der Waals surface area contributed by atoms with Crippen LogP contribution in [0.1, 0.15) is 12.5 Å². The van der Waals surface area contributed by atoms with Crippen molar-refractivity contribution in [3.05, 3.63) is 45.3 Å². The fourth-order valence-electron chi connectivity index (χ4n) is 1.57. The minimum Gasteiger partial charge on any atom is -0.308 e. The number of benzene rings is 1. The lowest BCUT2D eigenvalue weighted by Gasteiger charge is -2.15. The number of hydrogen-bond acceptors (Lipinski definition) is 6. The topological polar surface area (TPSA) is 95.7 Å². The number of Topliss-reactive ketones (excluding diaryl/α,β-unsaturated/α-hetero) is 1. The van der Waals surface area contributed by atoms with Crippen LogP contribution in [0.25, 0.3) is 6.08 Å². The fourth-order valence-corrected chi connectivity index (χ4v) is 2.79. The normalized spacial score (nSPS) is 12.2. The number of nitrogens with zero attached hydrogens (tertiary/aromatic N) is 1. The van der Waals surface area contributed by atoms with E-state index < -0.39 is 18.3 Å². The van der Waals surface area contributed by atoms with Gasteiger partial charge in [0.1, 0.15) is 5.31 Å². The SMILES string of the molecule is COP(=O)(OC)/C(=C\c1ccccc1[N+](=O)[O-])C(C)=O. The van der Waals surface area contributed by atoms with E-state index in [1.807, 2.05) is 0 Å². The van der Waals surface area contributed by atoms with Crippen LogP contribution in [0.15, 0.2) is 29.6 Å². The van der Waals surface area contributed by atoms with Crippen molar-refractivity contribution in [2.45, 2.75) is 6.92 Å². The molecule has 0 bridgehead atoms. The lowest BCUT2D eigenvalue weighted by atomic mass is 10.1. The van der Waals surface area contributed by atoms with Gasteiger partial charge in [0, 0.05) is 20.3 Å². The maximum Gasteiger partial charge on any atom is 0.364 e. The van der Waals surface area contributed by atoms with Crippen LogP contribution in [0.2, 0.25) is 0 Å². The third-order valence-electron chi connectivity index (χ3n) is 2.56. The molecule has 0 amide bonds. The Bertz CT molecular complexity index is 602. The summed E-state index contributed by atoms with van der Waals surface area (Å²) in [7, 11) is -1.50. The van der Waals surface area contributed by atoms with E-state index in [1.54, 1.807) is 6.07 Å². The van der Waals surface area contributed by atoms with Gasteiger partial charge in [0.2, 0.25) is 0 Å². The first-order valence-electron chi connectivity index (χ1n) is 5.54. The molecule has 0 atom stereocenters. The van der Waals surface area contributed by atoms with Gasteiger partial charge >= 0.3 is 7.60 Å². The molecule has 0 N–H and O–H groups in total. The van der Waals surface area contributed by atoms with E-state index in [-0.39, 0.29) is 16.6 Å². The molecule has 0 saturated carbocycles. The molecule has 0 aliphatic rings. The highest BCUT2D eigenvalue weighted by atomic mass is 31.2. The largest absolute Gasteiger partial charge is 0.364 e. The molecule has 8 heteroatoms. The van der Waals surface area contributed by atoms with Crippen LogP contribution < -0.4 is 0 Å². The van der Waals surface area contributed by atoms with Crippen molar-refractivity contribution in [1.82, 2.24) is 0 Å². The Morgan fingerprint density at radius 2 is 1.85 bits per heavy atom. The Labute approximate surface area is 115 Å². The number of nitro benzene ring substituents is 1. The number of carbonyl (C=O) groups is 1. The van der Waals surface area contributed by atoms with Crippen molar-refractivity contribution in [3.8, 4) is 0 Å². The molecule has 0 spiro atoms. The zero-order chi connectivity index (χ0) is 15.3. The molecule has 0 saturated heterocycles. The third kappa shape index (κ3) is 3.39. The summed E-state index contributed by atoms with van der Waals surface area (Å²) >= 11 is 0. The molecule has 0 radical (unpaired) electrons. The van der Waals surface area contributed by atoms with E-state index in [9.17, 15) is 19.5 Å². The number of rotatable bonds is 6. The molecular formula is C12H14NO6P. The molecule has 1 rings (SSSR count). The van der Waals surface area contributed by atoms with E-state index in [4.69, 9.17) is 9.05 Å². The van der Waals surface area contributed by atoms with Crippen molar-refractivity contribution < 1.29 is 23.3 Å². The highest BCUT2D eigenvalue weighted by Gasteiger charge is 2.31. The van der Waals surface area contributed by atoms with E-state index in [0.717, 1.165) is 20.3 Å². The number of para-hydroxylation sites is 1. The Balaban J connectivity index is 3.48. The minimum absolute atomic E-state index is 0.150. The molecular weight excluding hydrogens is 285 g/mol. The van der Waals surface area contributed by atoms with Gasteiger partial charge in [-0.2, -0.15) is 0 Å². The molecule has 0 aromatic heterocycles. The molecule has 1 aromatic carbocycles. The van der Waals surface area contributed by atoms with Gasteiger partial charge in [0.25, 0.3) is 5.69 Å². The van der Waals surface area contributed by atoms with Gasteiger partial charge in [-0.25, -0.2) is 0 Å². The highest BCUT2D eigenvalue weighted by Crippen LogP contribution is 2.55. The second-order valence-electron chi connectivity index (χ2n) is 3.76. The van der Waals surface area contributed by atoms with Gasteiger partial charge in [-0.15, -0.1) is 0 Å². The van der Waals surface area contributed by atoms with Crippen molar-refractivity contribution in [2.75, 3.05) is 14.2 Å².